The Morgan fingerprint density at radius 3 is 1.27 bits per heavy atom. The summed E-state index contributed by atoms with van der Waals surface area (Å²) in [6.45, 7) is 14.3. The first-order valence-electron chi connectivity index (χ1n) is 10.2. The third kappa shape index (κ3) is 8.47. The molecule has 0 aliphatic heterocycles. The molecule has 2 rings (SSSR count). The van der Waals surface area contributed by atoms with Crippen LogP contribution in [0.15, 0.2) is 0 Å². The quantitative estimate of drug-likeness (QED) is 0.314. The second-order valence-corrected chi connectivity index (χ2v) is 12.8. The van der Waals surface area contributed by atoms with E-state index in [9.17, 15) is 0 Å². The zero-order valence-corrected chi connectivity index (χ0v) is 21.6. The van der Waals surface area contributed by atoms with E-state index < -0.39 is 8.40 Å². The Morgan fingerprint density at radius 2 is 0.962 bits per heavy atom. The van der Waals surface area contributed by atoms with Crippen LogP contribution in [0.25, 0.3) is 9.96 Å². The van der Waals surface area contributed by atoms with Crippen LogP contribution in [0.2, 0.25) is 13.1 Å². The summed E-state index contributed by atoms with van der Waals surface area (Å²) in [5.74, 6) is 3.15. The third-order valence-electron chi connectivity index (χ3n) is 6.24. The predicted octanol–water partition coefficient (Wildman–Crippen LogP) is 7.76. The van der Waals surface area contributed by atoms with Crippen LogP contribution in [0.3, 0.4) is 0 Å². The van der Waals surface area contributed by atoms with Crippen molar-refractivity contribution in [2.45, 2.75) is 104 Å². The van der Waals surface area contributed by atoms with Gasteiger partial charge in [0.2, 0.25) is 0 Å². The minimum absolute atomic E-state index is 0. The van der Waals surface area contributed by atoms with Crippen molar-refractivity contribution in [3.05, 3.63) is 24.8 Å². The van der Waals surface area contributed by atoms with E-state index in [1.807, 2.05) is 0 Å². The molecule has 2 nitrogen and oxygen atoms in total. The van der Waals surface area contributed by atoms with Gasteiger partial charge in [-0.1, -0.05) is 90.9 Å². The molecular weight excluding hydrogens is 368 g/mol. The Hall–Kier alpha value is 0.851. The molecule has 0 N–H and O–H groups in total. The van der Waals surface area contributed by atoms with Crippen molar-refractivity contribution in [2.75, 3.05) is 0 Å². The van der Waals surface area contributed by atoms with E-state index >= 15 is 0 Å². The van der Waals surface area contributed by atoms with E-state index in [1.165, 1.54) is 51.4 Å². The fraction of sp³-hybridized carbons (Fsp3) is 0.909. The maximum Gasteiger partial charge on any atom is 4.00 e. The van der Waals surface area contributed by atoms with Crippen molar-refractivity contribution >= 4 is 8.40 Å². The fourth-order valence-electron chi connectivity index (χ4n) is 5.00. The first-order valence-corrected chi connectivity index (χ1v) is 13.1. The normalized spacial score (nSPS) is 29.5. The molecular formula is C22H46N2SiTi. The second kappa shape index (κ2) is 13.1. The molecule has 152 valence electrons. The Bertz CT molecular complexity index is 328. The van der Waals surface area contributed by atoms with Crippen molar-refractivity contribution in [1.29, 1.82) is 0 Å². The van der Waals surface area contributed by atoms with Gasteiger partial charge in [-0.05, 0) is 11.8 Å². The third-order valence-corrected chi connectivity index (χ3v) is 8.17. The van der Waals surface area contributed by atoms with Crippen molar-refractivity contribution in [3.63, 3.8) is 0 Å². The minimum Gasteiger partial charge on any atom is -0.677 e. The van der Waals surface area contributed by atoms with Gasteiger partial charge >= 0.3 is 21.7 Å². The van der Waals surface area contributed by atoms with Crippen LogP contribution in [0.1, 0.15) is 79.1 Å². The maximum absolute atomic E-state index is 5.43. The smallest absolute Gasteiger partial charge is 0.677 e. The molecule has 0 amide bonds. The Labute approximate surface area is 182 Å². The summed E-state index contributed by atoms with van der Waals surface area (Å²) in [7, 11) is -1.80. The van der Waals surface area contributed by atoms with E-state index in [0.29, 0.717) is 12.1 Å². The van der Waals surface area contributed by atoms with Gasteiger partial charge in [0.05, 0.1) is 0 Å². The van der Waals surface area contributed by atoms with Crippen LogP contribution in [-0.4, -0.2) is 20.5 Å². The molecule has 0 aromatic carbocycles. The van der Waals surface area contributed by atoms with Gasteiger partial charge in [0, 0.05) is 0 Å². The molecule has 0 spiro atoms. The van der Waals surface area contributed by atoms with E-state index in [-0.39, 0.29) is 36.6 Å². The van der Waals surface area contributed by atoms with Gasteiger partial charge < -0.3 is 24.8 Å². The summed E-state index contributed by atoms with van der Waals surface area (Å²) in [5, 5.41) is 0. The van der Waals surface area contributed by atoms with Crippen molar-refractivity contribution in [1.82, 2.24) is 0 Å². The van der Waals surface area contributed by atoms with Gasteiger partial charge in [-0.25, -0.2) is 0 Å². The van der Waals surface area contributed by atoms with E-state index in [0.717, 1.165) is 23.7 Å². The summed E-state index contributed by atoms with van der Waals surface area (Å²) in [6.07, 6.45) is 11.0. The molecule has 2 saturated carbocycles. The molecule has 0 heterocycles. The van der Waals surface area contributed by atoms with Gasteiger partial charge in [0.15, 0.2) is 0 Å². The van der Waals surface area contributed by atoms with Crippen molar-refractivity contribution in [2.24, 2.45) is 23.7 Å². The van der Waals surface area contributed by atoms with Crippen LogP contribution in [-0.2, 0) is 21.7 Å². The van der Waals surface area contributed by atoms with Crippen LogP contribution in [0, 0.1) is 38.5 Å². The van der Waals surface area contributed by atoms with Crippen molar-refractivity contribution < 1.29 is 21.7 Å². The monoisotopic (exact) mass is 414 g/mol. The molecule has 4 unspecified atom stereocenters. The number of rotatable bonds is 6. The van der Waals surface area contributed by atoms with Gasteiger partial charge in [0.25, 0.3) is 0 Å². The standard InChI is InChI=1S/C20H40N2Si.2CH3.Ti/c1-15(2)17-11-7-9-13-19(17)21-23(5,6)22-20-14-10-8-12-18(20)16(3)4;;;/h15-20H,7-14H2,1-6H3;2*1H3;/q-2;2*-1;+4. The van der Waals surface area contributed by atoms with E-state index in [1.54, 1.807) is 0 Å². The summed E-state index contributed by atoms with van der Waals surface area (Å²) < 4.78 is 0. The van der Waals surface area contributed by atoms with E-state index in [2.05, 4.69) is 40.8 Å². The first kappa shape index (κ1) is 29.1. The summed E-state index contributed by atoms with van der Waals surface area (Å²) in [6, 6.07) is 1.19. The van der Waals surface area contributed by atoms with Crippen LogP contribution in [0.5, 0.6) is 0 Å². The zero-order chi connectivity index (χ0) is 17.0. The molecule has 0 saturated heterocycles. The molecule has 2 aliphatic carbocycles. The second-order valence-electron chi connectivity index (χ2n) is 9.27. The molecule has 0 radical (unpaired) electrons. The van der Waals surface area contributed by atoms with E-state index in [4.69, 9.17) is 9.96 Å². The predicted molar refractivity (Wildman–Crippen MR) is 118 cm³/mol. The summed E-state index contributed by atoms with van der Waals surface area (Å²) in [5.41, 5.74) is 0. The Balaban J connectivity index is 0. The van der Waals surface area contributed by atoms with Crippen LogP contribution in [0.4, 0.5) is 0 Å². The molecule has 2 aliphatic rings. The largest absolute Gasteiger partial charge is 4.00 e. The Morgan fingerprint density at radius 1 is 0.654 bits per heavy atom. The summed E-state index contributed by atoms with van der Waals surface area (Å²) in [4.78, 5) is 10.9. The Kier molecular flexibility index (Phi) is 14.7. The average molecular weight is 415 g/mol. The molecule has 4 heteroatoms. The number of hydrogen-bond acceptors (Lipinski definition) is 0. The molecule has 0 aromatic heterocycles. The molecule has 4 atom stereocenters. The average Bonchev–Trinajstić information content (AvgIpc) is 2.47. The molecule has 2 fully saturated rings. The molecule has 26 heavy (non-hydrogen) atoms. The maximum atomic E-state index is 5.43. The van der Waals surface area contributed by atoms with Crippen molar-refractivity contribution in [3.8, 4) is 0 Å². The topological polar surface area (TPSA) is 28.2 Å². The SMILES string of the molecule is CC(C)C1CCCCC1[N-][Si](C)(C)[N-]C1CCCCC1C(C)C.[CH3-].[CH3-].[Ti+4]. The number of nitrogens with zero attached hydrogens (tertiary/aromatic N) is 2. The van der Waals surface area contributed by atoms with Gasteiger partial charge in [-0.15, -0.1) is 25.2 Å². The van der Waals surface area contributed by atoms with Gasteiger partial charge in [-0.2, -0.15) is 8.40 Å². The molecule has 0 aromatic rings. The minimum atomic E-state index is -1.80. The first-order chi connectivity index (χ1) is 10.8. The van der Waals surface area contributed by atoms with Gasteiger partial charge in [0.1, 0.15) is 0 Å². The van der Waals surface area contributed by atoms with Gasteiger partial charge in [-0.3, -0.25) is 0 Å². The van der Waals surface area contributed by atoms with Crippen LogP contribution >= 0.6 is 0 Å². The summed E-state index contributed by atoms with van der Waals surface area (Å²) >= 11 is 0. The zero-order valence-electron chi connectivity index (χ0n) is 19.0. The number of hydrogen-bond donors (Lipinski definition) is 0. The fourth-order valence-corrected chi connectivity index (χ4v) is 7.33. The van der Waals surface area contributed by atoms with Crippen LogP contribution < -0.4 is 0 Å². The molecule has 0 bridgehead atoms.